The number of carbonyl (C=O) groups excluding carboxylic acids is 2. The Hall–Kier alpha value is -1.62. The molecule has 0 aliphatic rings. The Kier molecular flexibility index (Phi) is 24.6. The van der Waals surface area contributed by atoms with Crippen LogP contribution in [0.1, 0.15) is 161 Å². The molecule has 0 aromatic heterocycles. The lowest BCUT2D eigenvalue weighted by atomic mass is 10.0. The fraction of sp³-hybridized carbons (Fsp3) is 0.939. The van der Waals surface area contributed by atoms with Gasteiger partial charge in [-0.2, -0.15) is 26.3 Å². The van der Waals surface area contributed by atoms with Gasteiger partial charge in [-0.3, -0.25) is 9.59 Å². The molecule has 0 aliphatic carbocycles. The molecular formula is C33H56F8O4. The van der Waals surface area contributed by atoms with Gasteiger partial charge in [0.15, 0.2) is 6.61 Å². The second kappa shape index (κ2) is 25.5. The second-order valence-corrected chi connectivity index (χ2v) is 12.0. The molecule has 0 rings (SSSR count). The van der Waals surface area contributed by atoms with Gasteiger partial charge in [0.25, 0.3) is 0 Å². The molecule has 12 heteroatoms. The van der Waals surface area contributed by atoms with E-state index in [0.29, 0.717) is 32.3 Å². The molecule has 0 saturated carbocycles. The van der Waals surface area contributed by atoms with Gasteiger partial charge in [-0.05, 0) is 19.3 Å². The van der Waals surface area contributed by atoms with E-state index in [1.807, 2.05) is 0 Å². The van der Waals surface area contributed by atoms with E-state index in [1.54, 1.807) is 0 Å². The van der Waals surface area contributed by atoms with Crippen LogP contribution < -0.4 is 0 Å². The van der Waals surface area contributed by atoms with Crippen molar-refractivity contribution in [2.45, 2.75) is 185 Å². The number of alkyl halides is 8. The minimum absolute atomic E-state index is 0.176. The van der Waals surface area contributed by atoms with Crippen molar-refractivity contribution in [1.82, 2.24) is 0 Å². The molecule has 0 heterocycles. The van der Waals surface area contributed by atoms with Crippen LogP contribution in [0.25, 0.3) is 0 Å². The largest absolute Gasteiger partial charge is 0.466 e. The fourth-order valence-electron chi connectivity index (χ4n) is 4.87. The van der Waals surface area contributed by atoms with Crippen molar-refractivity contribution in [3.05, 3.63) is 0 Å². The molecule has 268 valence electrons. The highest BCUT2D eigenvalue weighted by Crippen LogP contribution is 2.48. The van der Waals surface area contributed by atoms with Crippen LogP contribution in [0.4, 0.5) is 35.1 Å². The van der Waals surface area contributed by atoms with Crippen LogP contribution in [0.15, 0.2) is 0 Å². The van der Waals surface area contributed by atoms with Crippen LogP contribution in [-0.2, 0) is 19.1 Å². The lowest BCUT2D eigenvalue weighted by Gasteiger charge is -2.31. The summed E-state index contributed by atoms with van der Waals surface area (Å²) in [6.07, 6.45) is 18.7. The standard InChI is InChI=1S/C33H56F8O4/c1-2-3-4-5-6-7-8-9-10-11-12-13-14-17-20-23-26-44-28(42)24-21-18-15-16-19-22-25-29(43)45-27-31(36,37)33(40,41)32(38,39)30(34)35/h30H,2-27H2,1H3. The molecule has 4 nitrogen and oxygen atoms in total. The van der Waals surface area contributed by atoms with E-state index in [9.17, 15) is 44.7 Å². The van der Waals surface area contributed by atoms with Gasteiger partial charge in [0, 0.05) is 12.8 Å². The minimum atomic E-state index is -6.40. The first-order valence-corrected chi connectivity index (χ1v) is 17.0. The van der Waals surface area contributed by atoms with Crippen molar-refractivity contribution in [1.29, 1.82) is 0 Å². The first kappa shape index (κ1) is 43.4. The van der Waals surface area contributed by atoms with Crippen molar-refractivity contribution in [2.24, 2.45) is 0 Å². The van der Waals surface area contributed by atoms with Gasteiger partial charge in [-0.15, -0.1) is 0 Å². The maximum absolute atomic E-state index is 13.4. The predicted octanol–water partition coefficient (Wildman–Crippen LogP) is 11.6. The molecule has 0 amide bonds. The second-order valence-electron chi connectivity index (χ2n) is 12.0. The van der Waals surface area contributed by atoms with Gasteiger partial charge in [0.2, 0.25) is 0 Å². The average Bonchev–Trinajstić information content (AvgIpc) is 2.98. The SMILES string of the molecule is CCCCCCCCCCCCCCCCCCOC(=O)CCCCCCCCC(=O)OCC(F)(F)C(F)(F)C(F)(F)C(F)F. The first-order valence-electron chi connectivity index (χ1n) is 17.0. The summed E-state index contributed by atoms with van der Waals surface area (Å²) in [6.45, 7) is 0.232. The van der Waals surface area contributed by atoms with Gasteiger partial charge in [0.1, 0.15) is 0 Å². The van der Waals surface area contributed by atoms with Gasteiger partial charge in [0.05, 0.1) is 6.61 Å². The number of hydrogen-bond acceptors (Lipinski definition) is 4. The highest BCUT2D eigenvalue weighted by atomic mass is 19.4. The van der Waals surface area contributed by atoms with E-state index >= 15 is 0 Å². The molecule has 0 N–H and O–H groups in total. The highest BCUT2D eigenvalue weighted by Gasteiger charge is 2.75. The molecule has 0 radical (unpaired) electrons. The number of esters is 2. The van der Waals surface area contributed by atoms with E-state index < -0.39 is 43.2 Å². The molecule has 0 atom stereocenters. The van der Waals surface area contributed by atoms with E-state index in [1.165, 1.54) is 83.5 Å². The minimum Gasteiger partial charge on any atom is -0.466 e. The number of halogens is 8. The van der Waals surface area contributed by atoms with Gasteiger partial charge in [-0.1, -0.05) is 129 Å². The third-order valence-corrected chi connectivity index (χ3v) is 7.84. The Morgan fingerprint density at radius 1 is 0.511 bits per heavy atom. The highest BCUT2D eigenvalue weighted by molar-refractivity contribution is 5.69. The Morgan fingerprint density at radius 3 is 1.22 bits per heavy atom. The van der Waals surface area contributed by atoms with Crippen LogP contribution in [0.5, 0.6) is 0 Å². The van der Waals surface area contributed by atoms with Crippen molar-refractivity contribution >= 4 is 11.9 Å². The normalized spacial score (nSPS) is 12.6. The Bertz CT molecular complexity index is 750. The van der Waals surface area contributed by atoms with Crippen molar-refractivity contribution in [2.75, 3.05) is 13.2 Å². The first-order chi connectivity index (χ1) is 21.3. The van der Waals surface area contributed by atoms with E-state index in [0.717, 1.165) is 32.1 Å². The van der Waals surface area contributed by atoms with Crippen LogP contribution in [0.2, 0.25) is 0 Å². The lowest BCUT2D eigenvalue weighted by molar-refractivity contribution is -0.344. The average molecular weight is 669 g/mol. The zero-order valence-corrected chi connectivity index (χ0v) is 27.1. The summed E-state index contributed by atoms with van der Waals surface area (Å²) in [4.78, 5) is 23.3. The molecular weight excluding hydrogens is 612 g/mol. The van der Waals surface area contributed by atoms with E-state index in [4.69, 9.17) is 4.74 Å². The summed E-state index contributed by atoms with van der Waals surface area (Å²) in [7, 11) is 0. The zero-order chi connectivity index (χ0) is 34.0. The van der Waals surface area contributed by atoms with Crippen LogP contribution in [0, 0.1) is 0 Å². The summed E-state index contributed by atoms with van der Waals surface area (Å²) >= 11 is 0. The Balaban J connectivity index is 3.58. The van der Waals surface area contributed by atoms with Crippen molar-refractivity contribution in [3.8, 4) is 0 Å². The molecule has 0 aromatic carbocycles. The molecule has 0 aromatic rings. The van der Waals surface area contributed by atoms with Crippen LogP contribution in [-0.4, -0.2) is 49.3 Å². The molecule has 45 heavy (non-hydrogen) atoms. The monoisotopic (exact) mass is 668 g/mol. The van der Waals surface area contributed by atoms with Crippen molar-refractivity contribution < 1.29 is 54.2 Å². The zero-order valence-electron chi connectivity index (χ0n) is 27.1. The number of rotatable bonds is 31. The van der Waals surface area contributed by atoms with Crippen LogP contribution >= 0.6 is 0 Å². The number of ether oxygens (including phenoxy) is 2. The Labute approximate surface area is 264 Å². The smallest absolute Gasteiger partial charge is 0.381 e. The third kappa shape index (κ3) is 20.3. The summed E-state index contributed by atoms with van der Waals surface area (Å²) in [6, 6.07) is 0. The molecule has 0 unspecified atom stereocenters. The van der Waals surface area contributed by atoms with Crippen LogP contribution in [0.3, 0.4) is 0 Å². The summed E-state index contributed by atoms with van der Waals surface area (Å²) in [5, 5.41) is 0. The number of carbonyl (C=O) groups is 2. The third-order valence-electron chi connectivity index (χ3n) is 7.84. The summed E-state index contributed by atoms with van der Waals surface area (Å²) < 4.78 is 112. The predicted molar refractivity (Wildman–Crippen MR) is 159 cm³/mol. The maximum Gasteiger partial charge on any atom is 0.381 e. The van der Waals surface area contributed by atoms with E-state index in [2.05, 4.69) is 11.7 Å². The molecule has 0 fully saturated rings. The molecule has 0 saturated heterocycles. The quantitative estimate of drug-likeness (QED) is 0.0419. The Morgan fingerprint density at radius 2 is 0.844 bits per heavy atom. The topological polar surface area (TPSA) is 52.6 Å². The lowest BCUT2D eigenvalue weighted by Crippen LogP contribution is -2.59. The van der Waals surface area contributed by atoms with Gasteiger partial charge < -0.3 is 9.47 Å². The summed E-state index contributed by atoms with van der Waals surface area (Å²) in [5.41, 5.74) is 0. The van der Waals surface area contributed by atoms with Gasteiger partial charge >= 0.3 is 36.1 Å². The molecule has 0 aliphatic heterocycles. The maximum atomic E-state index is 13.4. The molecule has 0 spiro atoms. The van der Waals surface area contributed by atoms with E-state index in [-0.39, 0.29) is 12.4 Å². The number of unbranched alkanes of at least 4 members (excludes halogenated alkanes) is 20. The molecule has 0 bridgehead atoms. The van der Waals surface area contributed by atoms with Crippen molar-refractivity contribution in [3.63, 3.8) is 0 Å². The van der Waals surface area contributed by atoms with Gasteiger partial charge in [-0.25, -0.2) is 8.78 Å². The fourth-order valence-corrected chi connectivity index (χ4v) is 4.87. The number of hydrogen-bond donors (Lipinski definition) is 0. The summed E-state index contributed by atoms with van der Waals surface area (Å²) in [5.74, 6) is -19.9.